The average molecular weight is 344 g/mol. The SMILES string of the molecule is [N-]=[N+]=N[C@]1(CO)O[C@@H](n2ccc(=O)[nH]c2=O)[C@@](O)(C#CCl)[C@@H]1O. The molecule has 2 heterocycles. The van der Waals surface area contributed by atoms with Crippen LogP contribution >= 0.6 is 11.6 Å². The van der Waals surface area contributed by atoms with Crippen molar-refractivity contribution in [3.05, 3.63) is 43.5 Å². The first kappa shape index (κ1) is 17.0. The van der Waals surface area contributed by atoms with Crippen molar-refractivity contribution in [3.8, 4) is 11.3 Å². The number of nitrogens with zero attached hydrogens (tertiary/aromatic N) is 4. The standard InChI is InChI=1S/C11H10ClN5O6/c12-3-2-10(22)7(20)11(5-18,15-16-13)23-8(10)17-4-1-6(19)14-9(17)21/h1,4,7-8,18,20,22H,5H2,(H,14,19,21)/t7-,8+,10+,11+/m0/s1. The van der Waals surface area contributed by atoms with Crippen LogP contribution in [-0.4, -0.2) is 48.9 Å². The normalized spacial score (nSPS) is 32.7. The molecule has 1 aromatic heterocycles. The Balaban J connectivity index is 2.69. The second-order valence-corrected chi connectivity index (χ2v) is 4.82. The van der Waals surface area contributed by atoms with E-state index in [1.807, 2.05) is 10.4 Å². The second kappa shape index (κ2) is 6.05. The van der Waals surface area contributed by atoms with Crippen molar-refractivity contribution in [2.75, 3.05) is 6.61 Å². The monoisotopic (exact) mass is 343 g/mol. The molecule has 0 saturated carbocycles. The molecule has 0 aliphatic carbocycles. The van der Waals surface area contributed by atoms with E-state index < -0.39 is 41.5 Å². The van der Waals surface area contributed by atoms with Gasteiger partial charge in [-0.1, -0.05) is 5.11 Å². The summed E-state index contributed by atoms with van der Waals surface area (Å²) < 4.78 is 5.94. The van der Waals surface area contributed by atoms with Gasteiger partial charge < -0.3 is 20.1 Å². The molecule has 0 spiro atoms. The molecule has 4 atom stereocenters. The van der Waals surface area contributed by atoms with Crippen molar-refractivity contribution in [2.24, 2.45) is 5.11 Å². The van der Waals surface area contributed by atoms with E-state index in [1.165, 1.54) is 0 Å². The number of hydrogen-bond donors (Lipinski definition) is 4. The Labute approximate surface area is 132 Å². The highest BCUT2D eigenvalue weighted by molar-refractivity contribution is 6.30. The Morgan fingerprint density at radius 1 is 1.61 bits per heavy atom. The Morgan fingerprint density at radius 3 is 2.83 bits per heavy atom. The van der Waals surface area contributed by atoms with Crippen molar-refractivity contribution in [2.45, 2.75) is 23.7 Å². The average Bonchev–Trinajstić information content (AvgIpc) is 2.71. The molecule has 2 rings (SSSR count). The topological polar surface area (TPSA) is 174 Å². The van der Waals surface area contributed by atoms with E-state index >= 15 is 0 Å². The fraction of sp³-hybridized carbons (Fsp3) is 0.455. The third kappa shape index (κ3) is 2.60. The first-order chi connectivity index (χ1) is 10.8. The van der Waals surface area contributed by atoms with Gasteiger partial charge in [0.25, 0.3) is 5.56 Å². The summed E-state index contributed by atoms with van der Waals surface area (Å²) in [6, 6.07) is 0.957. The van der Waals surface area contributed by atoms with E-state index in [-0.39, 0.29) is 0 Å². The van der Waals surface area contributed by atoms with Crippen molar-refractivity contribution < 1.29 is 20.1 Å². The predicted octanol–water partition coefficient (Wildman–Crippen LogP) is -1.64. The number of aromatic amines is 1. The molecule has 1 aromatic rings. The number of aliphatic hydroxyl groups excluding tert-OH is 2. The number of azide groups is 1. The molecule has 4 N–H and O–H groups in total. The summed E-state index contributed by atoms with van der Waals surface area (Å²) in [6.45, 7) is -1.01. The lowest BCUT2D eigenvalue weighted by molar-refractivity contribution is -0.126. The number of aliphatic hydroxyl groups is 3. The minimum Gasteiger partial charge on any atom is -0.393 e. The van der Waals surface area contributed by atoms with Crippen molar-refractivity contribution >= 4 is 11.6 Å². The van der Waals surface area contributed by atoms with Crippen LogP contribution in [0.5, 0.6) is 0 Å². The van der Waals surface area contributed by atoms with Crippen LogP contribution in [0.1, 0.15) is 6.23 Å². The molecule has 0 radical (unpaired) electrons. The minimum absolute atomic E-state index is 0.705. The summed E-state index contributed by atoms with van der Waals surface area (Å²) in [5.41, 5.74) is 2.09. The Morgan fingerprint density at radius 2 is 2.30 bits per heavy atom. The van der Waals surface area contributed by atoms with Gasteiger partial charge in [0, 0.05) is 22.6 Å². The van der Waals surface area contributed by atoms with Crippen molar-refractivity contribution in [1.29, 1.82) is 0 Å². The number of aromatic nitrogens is 2. The van der Waals surface area contributed by atoms with Gasteiger partial charge in [0.1, 0.15) is 6.10 Å². The van der Waals surface area contributed by atoms with Crippen LogP contribution in [0.25, 0.3) is 10.4 Å². The maximum atomic E-state index is 11.9. The number of nitrogens with one attached hydrogen (secondary N) is 1. The van der Waals surface area contributed by atoms with Gasteiger partial charge in [-0.2, -0.15) is 0 Å². The first-order valence-corrected chi connectivity index (χ1v) is 6.42. The number of rotatable bonds is 3. The van der Waals surface area contributed by atoms with E-state index in [9.17, 15) is 24.9 Å². The molecule has 0 aromatic carbocycles. The minimum atomic E-state index is -2.50. The van der Waals surface area contributed by atoms with Gasteiger partial charge in [-0.25, -0.2) is 4.79 Å². The van der Waals surface area contributed by atoms with Gasteiger partial charge in [0.05, 0.1) is 6.61 Å². The third-order valence-corrected chi connectivity index (χ3v) is 3.42. The fourth-order valence-corrected chi connectivity index (χ4v) is 2.37. The molecule has 1 saturated heterocycles. The maximum absolute atomic E-state index is 11.9. The molecule has 1 aliphatic rings. The Bertz CT molecular complexity index is 836. The molecule has 12 heteroatoms. The molecule has 0 bridgehead atoms. The van der Waals surface area contributed by atoms with Gasteiger partial charge in [-0.15, -0.1) is 0 Å². The Kier molecular flexibility index (Phi) is 4.49. The van der Waals surface area contributed by atoms with Crippen LogP contribution in [0, 0.1) is 11.3 Å². The number of halogens is 1. The van der Waals surface area contributed by atoms with Crippen LogP contribution in [0.4, 0.5) is 0 Å². The molecule has 0 unspecified atom stereocenters. The molecule has 23 heavy (non-hydrogen) atoms. The summed E-state index contributed by atoms with van der Waals surface area (Å²) in [6.07, 6.45) is -2.78. The zero-order valence-corrected chi connectivity index (χ0v) is 12.0. The Hall–Kier alpha value is -2.32. The summed E-state index contributed by atoms with van der Waals surface area (Å²) in [5, 5.41) is 35.2. The lowest BCUT2D eigenvalue weighted by Gasteiger charge is -2.27. The third-order valence-electron chi connectivity index (χ3n) is 3.33. The summed E-state index contributed by atoms with van der Waals surface area (Å²) in [7, 11) is 0. The molecule has 1 aliphatic heterocycles. The molecule has 0 amide bonds. The van der Waals surface area contributed by atoms with Crippen molar-refractivity contribution in [1.82, 2.24) is 9.55 Å². The van der Waals surface area contributed by atoms with Crippen LogP contribution < -0.4 is 11.2 Å². The molecular weight excluding hydrogens is 334 g/mol. The fourth-order valence-electron chi connectivity index (χ4n) is 2.22. The van der Waals surface area contributed by atoms with E-state index in [1.54, 1.807) is 0 Å². The maximum Gasteiger partial charge on any atom is 0.330 e. The molecule has 11 nitrogen and oxygen atoms in total. The largest absolute Gasteiger partial charge is 0.393 e. The summed E-state index contributed by atoms with van der Waals surface area (Å²) >= 11 is 5.27. The second-order valence-electron chi connectivity index (χ2n) is 4.63. The number of hydrogen-bond acceptors (Lipinski definition) is 7. The van der Waals surface area contributed by atoms with E-state index in [0.717, 1.165) is 12.3 Å². The number of H-pyrrole nitrogens is 1. The highest BCUT2D eigenvalue weighted by Gasteiger charge is 2.64. The lowest BCUT2D eigenvalue weighted by Crippen LogP contribution is -2.51. The van der Waals surface area contributed by atoms with Crippen LogP contribution in [0.2, 0.25) is 0 Å². The van der Waals surface area contributed by atoms with Crippen molar-refractivity contribution in [3.63, 3.8) is 0 Å². The van der Waals surface area contributed by atoms with Gasteiger partial charge in [-0.3, -0.25) is 14.3 Å². The number of ether oxygens (including phenoxy) is 1. The van der Waals surface area contributed by atoms with Crippen LogP contribution in [0.15, 0.2) is 27.0 Å². The first-order valence-electron chi connectivity index (χ1n) is 6.04. The van der Waals surface area contributed by atoms with Crippen LogP contribution in [0.3, 0.4) is 0 Å². The molecule has 122 valence electrons. The quantitative estimate of drug-likeness (QED) is 0.221. The summed E-state index contributed by atoms with van der Waals surface area (Å²) in [4.78, 5) is 27.4. The smallest absolute Gasteiger partial charge is 0.330 e. The summed E-state index contributed by atoms with van der Waals surface area (Å²) in [5.74, 6) is 2.06. The van der Waals surface area contributed by atoms with Crippen LogP contribution in [-0.2, 0) is 4.74 Å². The van der Waals surface area contributed by atoms with Gasteiger partial charge in [-0.05, 0) is 23.1 Å². The highest BCUT2D eigenvalue weighted by Crippen LogP contribution is 2.44. The zero-order chi connectivity index (χ0) is 17.3. The lowest BCUT2D eigenvalue weighted by atomic mass is 9.92. The highest BCUT2D eigenvalue weighted by atomic mass is 35.5. The van der Waals surface area contributed by atoms with Gasteiger partial charge in [0.15, 0.2) is 6.23 Å². The predicted molar refractivity (Wildman–Crippen MR) is 75.0 cm³/mol. The molecule has 1 fully saturated rings. The van der Waals surface area contributed by atoms with E-state index in [2.05, 4.69) is 15.9 Å². The van der Waals surface area contributed by atoms with Gasteiger partial charge in [0.2, 0.25) is 11.3 Å². The van der Waals surface area contributed by atoms with E-state index in [4.69, 9.17) is 21.9 Å². The molecular formula is C11H10ClN5O6. The van der Waals surface area contributed by atoms with Gasteiger partial charge >= 0.3 is 5.69 Å². The zero-order valence-electron chi connectivity index (χ0n) is 11.2. The van der Waals surface area contributed by atoms with E-state index in [0.29, 0.717) is 4.57 Å².